The molecule has 0 amide bonds. The average molecular weight is 284 g/mol. The summed E-state index contributed by atoms with van der Waals surface area (Å²) in [6.45, 7) is 14.8. The number of imidazole rings is 1. The van der Waals surface area contributed by atoms with E-state index < -0.39 is 0 Å². The number of hydrogen-bond donors (Lipinski definition) is 0. The Morgan fingerprint density at radius 3 is 2.00 bits per heavy atom. The van der Waals surface area contributed by atoms with Crippen molar-refractivity contribution in [3.63, 3.8) is 0 Å². The van der Waals surface area contributed by atoms with Gasteiger partial charge in [0.15, 0.2) is 0 Å². The topological polar surface area (TPSA) is 17.8 Å². The maximum absolute atomic E-state index is 5.99. The van der Waals surface area contributed by atoms with Crippen LogP contribution in [0.25, 0.3) is 5.69 Å². The van der Waals surface area contributed by atoms with Crippen molar-refractivity contribution >= 4 is 13.3 Å². The second kappa shape index (κ2) is 10.3. The van der Waals surface area contributed by atoms with Gasteiger partial charge in [0, 0.05) is 18.1 Å². The summed E-state index contributed by atoms with van der Waals surface area (Å²) in [4.78, 5) is 4.01. The number of nitrogens with zero attached hydrogens (tertiary/aromatic N) is 2. The van der Waals surface area contributed by atoms with Crippen LogP contribution in [0.1, 0.15) is 59.9 Å². The number of hydrogen-bond acceptors (Lipinski definition) is 1. The Balaban J connectivity index is 0.000000579. The molecular weight excluding hydrogens is 255 g/mol. The van der Waals surface area contributed by atoms with E-state index in [0.29, 0.717) is 5.92 Å². The molecule has 0 unspecified atom stereocenters. The zero-order chi connectivity index (χ0) is 16.4. The van der Waals surface area contributed by atoms with E-state index in [1.165, 1.54) is 5.56 Å². The van der Waals surface area contributed by atoms with E-state index in [-0.39, 0.29) is 0 Å². The van der Waals surface area contributed by atoms with Crippen LogP contribution < -0.4 is 5.46 Å². The minimum absolute atomic E-state index is 0.460. The quantitative estimate of drug-likeness (QED) is 0.743. The maximum atomic E-state index is 5.99. The van der Waals surface area contributed by atoms with Crippen LogP contribution in [0.3, 0.4) is 0 Å². The minimum atomic E-state index is 0.460. The fourth-order valence-corrected chi connectivity index (χ4v) is 1.66. The molecule has 1 aromatic carbocycles. The molecule has 0 aliphatic rings. The van der Waals surface area contributed by atoms with Gasteiger partial charge in [0.05, 0.1) is 6.33 Å². The van der Waals surface area contributed by atoms with Gasteiger partial charge in [0.25, 0.3) is 0 Å². The minimum Gasteiger partial charge on any atom is -0.306 e. The van der Waals surface area contributed by atoms with Crippen LogP contribution in [0.15, 0.2) is 36.9 Å². The third-order valence-corrected chi connectivity index (χ3v) is 2.49. The first-order valence-electron chi connectivity index (χ1n) is 7.79. The van der Waals surface area contributed by atoms with Crippen LogP contribution in [0.2, 0.25) is 0 Å². The summed E-state index contributed by atoms with van der Waals surface area (Å²) in [6.07, 6.45) is 5.43. The second-order valence-electron chi connectivity index (χ2n) is 5.67. The molecule has 2 aromatic rings. The predicted molar refractivity (Wildman–Crippen MR) is 94.9 cm³/mol. The van der Waals surface area contributed by atoms with E-state index >= 15 is 0 Å². The second-order valence-corrected chi connectivity index (χ2v) is 5.67. The van der Waals surface area contributed by atoms with E-state index in [4.69, 9.17) is 7.85 Å². The lowest BCUT2D eigenvalue weighted by atomic mass is 9.85. The van der Waals surface area contributed by atoms with Crippen LogP contribution in [0.4, 0.5) is 0 Å². The van der Waals surface area contributed by atoms with Crippen molar-refractivity contribution in [3.05, 3.63) is 42.5 Å². The van der Waals surface area contributed by atoms with Crippen molar-refractivity contribution in [1.29, 1.82) is 0 Å². The number of rotatable bonds is 2. The highest BCUT2D eigenvalue weighted by molar-refractivity contribution is 6.33. The molecule has 0 saturated heterocycles. The fraction of sp³-hybridized carbons (Fsp3) is 0.500. The summed E-state index contributed by atoms with van der Waals surface area (Å²) < 4.78 is 1.94. The Bertz CT molecular complexity index is 485. The van der Waals surface area contributed by atoms with E-state index in [0.717, 1.165) is 17.1 Å². The molecule has 21 heavy (non-hydrogen) atoms. The first-order valence-corrected chi connectivity index (χ1v) is 7.79. The molecule has 1 aromatic heterocycles. The van der Waals surface area contributed by atoms with Crippen molar-refractivity contribution in [1.82, 2.24) is 9.55 Å². The summed E-state index contributed by atoms with van der Waals surface area (Å²) in [5.41, 5.74) is 3.09. The van der Waals surface area contributed by atoms with Gasteiger partial charge in [-0.1, -0.05) is 65.6 Å². The lowest BCUT2D eigenvalue weighted by Gasteiger charge is -2.12. The fourth-order valence-electron chi connectivity index (χ4n) is 1.66. The number of aromatic nitrogens is 2. The molecule has 2 rings (SSSR count). The SMILES string of the molecule is CC.CC(C)C.[B]c1cc(-n2ccnc2)ccc1C(C)C. The zero-order valence-electron chi connectivity index (χ0n) is 14.6. The molecule has 114 valence electrons. The van der Waals surface area contributed by atoms with Gasteiger partial charge in [-0.2, -0.15) is 0 Å². The summed E-state index contributed by atoms with van der Waals surface area (Å²) in [5.74, 6) is 1.29. The molecule has 1 heterocycles. The highest BCUT2D eigenvalue weighted by atomic mass is 15.0. The normalized spacial score (nSPS) is 9.76. The third-order valence-electron chi connectivity index (χ3n) is 2.49. The molecular formula is C18H29BN2. The van der Waals surface area contributed by atoms with Gasteiger partial charge < -0.3 is 4.57 Å². The Morgan fingerprint density at radius 1 is 1.05 bits per heavy atom. The van der Waals surface area contributed by atoms with Crippen LogP contribution in [-0.4, -0.2) is 17.4 Å². The summed E-state index contributed by atoms with van der Waals surface area (Å²) in [7, 11) is 5.99. The standard InChI is InChI=1S/C12H13BN2.C4H10.C2H6/c1-9(2)11-4-3-10(7-12(11)13)15-6-5-14-8-15;1-4(2)3;1-2/h3-9H,1-2H3;4H,1-3H3;1-2H3. The molecule has 0 atom stereocenters. The van der Waals surface area contributed by atoms with Gasteiger partial charge in [-0.05, 0) is 24.0 Å². The van der Waals surface area contributed by atoms with Crippen LogP contribution in [-0.2, 0) is 0 Å². The van der Waals surface area contributed by atoms with Gasteiger partial charge in [0.1, 0.15) is 7.85 Å². The molecule has 2 nitrogen and oxygen atoms in total. The zero-order valence-corrected chi connectivity index (χ0v) is 14.6. The summed E-state index contributed by atoms with van der Waals surface area (Å²) >= 11 is 0. The van der Waals surface area contributed by atoms with Crippen LogP contribution >= 0.6 is 0 Å². The summed E-state index contributed by atoms with van der Waals surface area (Å²) in [5, 5.41) is 0. The van der Waals surface area contributed by atoms with Crippen molar-refractivity contribution in [2.24, 2.45) is 5.92 Å². The molecule has 0 fully saturated rings. The smallest absolute Gasteiger partial charge is 0.114 e. The molecule has 0 aliphatic heterocycles. The molecule has 0 bridgehead atoms. The molecule has 2 radical (unpaired) electrons. The highest BCUT2D eigenvalue weighted by Gasteiger charge is 2.04. The van der Waals surface area contributed by atoms with Gasteiger partial charge in [-0.15, -0.1) is 0 Å². The Labute approximate surface area is 132 Å². The molecule has 3 heteroatoms. The highest BCUT2D eigenvalue weighted by Crippen LogP contribution is 2.14. The van der Waals surface area contributed by atoms with Crippen LogP contribution in [0, 0.1) is 5.92 Å². The van der Waals surface area contributed by atoms with Gasteiger partial charge in [0.2, 0.25) is 0 Å². The first-order chi connectivity index (χ1) is 9.91. The van der Waals surface area contributed by atoms with Crippen molar-refractivity contribution in [2.45, 2.75) is 54.4 Å². The molecule has 0 N–H and O–H groups in total. The van der Waals surface area contributed by atoms with E-state index in [1.807, 2.05) is 30.7 Å². The van der Waals surface area contributed by atoms with Gasteiger partial charge in [-0.3, -0.25) is 0 Å². The average Bonchev–Trinajstić information content (AvgIpc) is 2.93. The van der Waals surface area contributed by atoms with Crippen LogP contribution in [0.5, 0.6) is 0 Å². The molecule has 0 aliphatic carbocycles. The number of benzene rings is 1. The predicted octanol–water partition coefficient (Wildman–Crippen LogP) is 4.48. The van der Waals surface area contributed by atoms with E-state index in [9.17, 15) is 0 Å². The maximum Gasteiger partial charge on any atom is 0.114 e. The third kappa shape index (κ3) is 7.17. The van der Waals surface area contributed by atoms with Crippen molar-refractivity contribution < 1.29 is 0 Å². The van der Waals surface area contributed by atoms with E-state index in [1.54, 1.807) is 12.5 Å². The Morgan fingerprint density at radius 2 is 1.62 bits per heavy atom. The monoisotopic (exact) mass is 284 g/mol. The largest absolute Gasteiger partial charge is 0.306 e. The van der Waals surface area contributed by atoms with Crippen molar-refractivity contribution in [2.75, 3.05) is 0 Å². The lowest BCUT2D eigenvalue weighted by Crippen LogP contribution is -2.12. The van der Waals surface area contributed by atoms with Gasteiger partial charge >= 0.3 is 0 Å². The Kier molecular flexibility index (Phi) is 9.52. The van der Waals surface area contributed by atoms with Crippen molar-refractivity contribution in [3.8, 4) is 5.69 Å². The first kappa shape index (κ1) is 19.5. The molecule has 0 saturated carbocycles. The molecule has 0 spiro atoms. The van der Waals surface area contributed by atoms with E-state index in [2.05, 4.69) is 51.7 Å². The summed E-state index contributed by atoms with van der Waals surface area (Å²) in [6, 6.07) is 6.12. The van der Waals surface area contributed by atoms with Gasteiger partial charge in [-0.25, -0.2) is 4.98 Å². The Hall–Kier alpha value is -1.51. The lowest BCUT2D eigenvalue weighted by molar-refractivity contribution is 0.737.